The van der Waals surface area contributed by atoms with E-state index in [4.69, 9.17) is 9.15 Å². The molecule has 2 amide bonds. The van der Waals surface area contributed by atoms with E-state index in [9.17, 15) is 9.90 Å². The van der Waals surface area contributed by atoms with Crippen LogP contribution in [0.4, 0.5) is 10.5 Å². The lowest BCUT2D eigenvalue weighted by Crippen LogP contribution is -2.32. The van der Waals surface area contributed by atoms with Gasteiger partial charge in [-0.3, -0.25) is 0 Å². The van der Waals surface area contributed by atoms with Crippen LogP contribution in [0, 0.1) is 6.92 Å². The van der Waals surface area contributed by atoms with Gasteiger partial charge >= 0.3 is 6.03 Å². The summed E-state index contributed by atoms with van der Waals surface area (Å²) in [5, 5.41) is 15.1. The summed E-state index contributed by atoms with van der Waals surface area (Å²) >= 11 is 0. The van der Waals surface area contributed by atoms with Crippen LogP contribution >= 0.6 is 0 Å². The van der Waals surface area contributed by atoms with Crippen molar-refractivity contribution in [3.63, 3.8) is 0 Å². The summed E-state index contributed by atoms with van der Waals surface area (Å²) in [5.74, 6) is 1.79. The summed E-state index contributed by atoms with van der Waals surface area (Å²) in [6.07, 6.45) is -0.880. The van der Waals surface area contributed by atoms with Crippen LogP contribution in [-0.2, 0) is 0 Å². The molecule has 0 radical (unpaired) electrons. The Labute approximate surface area is 122 Å². The zero-order chi connectivity index (χ0) is 15.2. The maximum atomic E-state index is 11.7. The first-order valence-corrected chi connectivity index (χ1v) is 6.52. The fourth-order valence-corrected chi connectivity index (χ4v) is 1.80. The van der Waals surface area contributed by atoms with E-state index >= 15 is 0 Å². The Morgan fingerprint density at radius 3 is 2.86 bits per heavy atom. The number of rotatable bonds is 5. The molecule has 1 atom stereocenters. The molecule has 0 aliphatic carbocycles. The molecule has 0 saturated heterocycles. The fraction of sp³-hybridized carbons (Fsp3) is 0.267. The Bertz CT molecular complexity index is 609. The summed E-state index contributed by atoms with van der Waals surface area (Å²) in [6.45, 7) is 1.85. The van der Waals surface area contributed by atoms with E-state index in [1.165, 1.54) is 0 Å². The highest BCUT2D eigenvalue weighted by Crippen LogP contribution is 2.17. The number of aliphatic hydroxyl groups excluding tert-OH is 1. The molecule has 0 aliphatic rings. The summed E-state index contributed by atoms with van der Waals surface area (Å²) in [7, 11) is 1.56. The van der Waals surface area contributed by atoms with E-state index in [1.807, 2.05) is 0 Å². The van der Waals surface area contributed by atoms with Gasteiger partial charge in [0.1, 0.15) is 23.4 Å². The molecule has 6 heteroatoms. The highest BCUT2D eigenvalue weighted by atomic mass is 16.5. The fourth-order valence-electron chi connectivity index (χ4n) is 1.80. The number of ether oxygens (including phenoxy) is 1. The number of amides is 2. The van der Waals surface area contributed by atoms with Crippen molar-refractivity contribution in [2.24, 2.45) is 0 Å². The highest BCUT2D eigenvalue weighted by molar-refractivity contribution is 5.89. The van der Waals surface area contributed by atoms with Crippen LogP contribution in [0.5, 0.6) is 5.75 Å². The van der Waals surface area contributed by atoms with Crippen LogP contribution in [-0.4, -0.2) is 24.8 Å². The SMILES string of the molecule is COc1cccc(NC(=O)NCC(O)c2ccc(C)o2)c1. The van der Waals surface area contributed by atoms with Gasteiger partial charge in [-0.15, -0.1) is 0 Å². The second kappa shape index (κ2) is 6.81. The summed E-state index contributed by atoms with van der Waals surface area (Å²) in [6, 6.07) is 10.0. The molecule has 1 heterocycles. The minimum atomic E-state index is -0.880. The lowest BCUT2D eigenvalue weighted by atomic mass is 10.3. The third kappa shape index (κ3) is 4.25. The molecule has 0 aliphatic heterocycles. The number of hydrogen-bond acceptors (Lipinski definition) is 4. The van der Waals surface area contributed by atoms with E-state index in [2.05, 4.69) is 10.6 Å². The van der Waals surface area contributed by atoms with Gasteiger partial charge in [-0.1, -0.05) is 6.07 Å². The van der Waals surface area contributed by atoms with Gasteiger partial charge in [-0.2, -0.15) is 0 Å². The average molecular weight is 290 g/mol. The van der Waals surface area contributed by atoms with E-state index in [0.29, 0.717) is 23.0 Å². The monoisotopic (exact) mass is 290 g/mol. The number of furan rings is 1. The zero-order valence-electron chi connectivity index (χ0n) is 11.9. The summed E-state index contributed by atoms with van der Waals surface area (Å²) < 4.78 is 10.4. The van der Waals surface area contributed by atoms with Crippen molar-refractivity contribution in [1.29, 1.82) is 0 Å². The first kappa shape index (κ1) is 14.9. The minimum absolute atomic E-state index is 0.0583. The van der Waals surface area contributed by atoms with Crippen LogP contribution in [0.3, 0.4) is 0 Å². The maximum absolute atomic E-state index is 11.7. The first-order valence-electron chi connectivity index (χ1n) is 6.52. The van der Waals surface area contributed by atoms with Crippen molar-refractivity contribution in [3.05, 3.63) is 47.9 Å². The molecule has 112 valence electrons. The number of nitrogens with one attached hydrogen (secondary N) is 2. The smallest absolute Gasteiger partial charge is 0.319 e. The molecule has 1 unspecified atom stereocenters. The van der Waals surface area contributed by atoms with Crippen molar-refractivity contribution >= 4 is 11.7 Å². The van der Waals surface area contributed by atoms with Gasteiger partial charge in [0, 0.05) is 11.8 Å². The predicted molar refractivity (Wildman–Crippen MR) is 78.4 cm³/mol. The van der Waals surface area contributed by atoms with Crippen molar-refractivity contribution < 1.29 is 19.1 Å². The molecule has 1 aromatic heterocycles. The number of carbonyl (C=O) groups is 1. The Morgan fingerprint density at radius 1 is 1.38 bits per heavy atom. The van der Waals surface area contributed by atoms with Crippen LogP contribution in [0.2, 0.25) is 0 Å². The number of anilines is 1. The summed E-state index contributed by atoms with van der Waals surface area (Å²) in [5.41, 5.74) is 0.607. The number of aliphatic hydroxyl groups is 1. The highest BCUT2D eigenvalue weighted by Gasteiger charge is 2.13. The standard InChI is InChI=1S/C15H18N2O4/c1-10-6-7-14(21-10)13(18)9-16-15(19)17-11-4-3-5-12(8-11)20-2/h3-8,13,18H,9H2,1-2H3,(H2,16,17,19). The maximum Gasteiger partial charge on any atom is 0.319 e. The van der Waals surface area contributed by atoms with Gasteiger partial charge in [-0.25, -0.2) is 4.79 Å². The van der Waals surface area contributed by atoms with Gasteiger partial charge in [0.2, 0.25) is 0 Å². The molecule has 0 fully saturated rings. The van der Waals surface area contributed by atoms with Crippen LogP contribution in [0.25, 0.3) is 0 Å². The quantitative estimate of drug-likeness (QED) is 0.789. The summed E-state index contributed by atoms with van der Waals surface area (Å²) in [4.78, 5) is 11.7. The zero-order valence-corrected chi connectivity index (χ0v) is 11.9. The van der Waals surface area contributed by atoms with Gasteiger partial charge in [0.15, 0.2) is 0 Å². The number of carbonyl (C=O) groups excluding carboxylic acids is 1. The van der Waals surface area contributed by atoms with Crippen LogP contribution in [0.1, 0.15) is 17.6 Å². The topological polar surface area (TPSA) is 83.7 Å². The van der Waals surface area contributed by atoms with Crippen LogP contribution in [0.15, 0.2) is 40.8 Å². The Hall–Kier alpha value is -2.47. The number of benzene rings is 1. The Balaban J connectivity index is 1.84. The molecular weight excluding hydrogens is 272 g/mol. The molecule has 2 rings (SSSR count). The molecular formula is C15H18N2O4. The van der Waals surface area contributed by atoms with E-state index in [0.717, 1.165) is 0 Å². The normalized spacial score (nSPS) is 11.8. The minimum Gasteiger partial charge on any atom is -0.497 e. The molecule has 3 N–H and O–H groups in total. The van der Waals surface area contributed by atoms with Gasteiger partial charge < -0.3 is 24.9 Å². The van der Waals surface area contributed by atoms with E-state index < -0.39 is 12.1 Å². The average Bonchev–Trinajstić information content (AvgIpc) is 2.91. The lowest BCUT2D eigenvalue weighted by Gasteiger charge is -2.11. The molecule has 0 saturated carbocycles. The molecule has 0 bridgehead atoms. The number of aryl methyl sites for hydroxylation is 1. The second-order valence-electron chi connectivity index (χ2n) is 4.53. The number of hydrogen-bond donors (Lipinski definition) is 3. The van der Waals surface area contributed by atoms with Gasteiger partial charge in [0.25, 0.3) is 0 Å². The first-order chi connectivity index (χ1) is 10.1. The van der Waals surface area contributed by atoms with Gasteiger partial charge in [-0.05, 0) is 31.2 Å². The van der Waals surface area contributed by atoms with E-state index in [1.54, 1.807) is 50.4 Å². The van der Waals surface area contributed by atoms with Crippen molar-refractivity contribution in [3.8, 4) is 5.75 Å². The third-order valence-corrected chi connectivity index (χ3v) is 2.87. The molecule has 6 nitrogen and oxygen atoms in total. The van der Waals surface area contributed by atoms with Crippen molar-refractivity contribution in [2.75, 3.05) is 19.0 Å². The Kier molecular flexibility index (Phi) is 4.84. The molecule has 0 spiro atoms. The lowest BCUT2D eigenvalue weighted by molar-refractivity contribution is 0.148. The third-order valence-electron chi connectivity index (χ3n) is 2.87. The number of urea groups is 1. The molecule has 2 aromatic rings. The van der Waals surface area contributed by atoms with Crippen molar-refractivity contribution in [2.45, 2.75) is 13.0 Å². The second-order valence-corrected chi connectivity index (χ2v) is 4.53. The molecule has 1 aromatic carbocycles. The van der Waals surface area contributed by atoms with E-state index in [-0.39, 0.29) is 6.54 Å². The van der Waals surface area contributed by atoms with Crippen LogP contribution < -0.4 is 15.4 Å². The van der Waals surface area contributed by atoms with Gasteiger partial charge in [0.05, 0.1) is 13.7 Å². The number of methoxy groups -OCH3 is 1. The predicted octanol–water partition coefficient (Wildman–Crippen LogP) is 2.45. The van der Waals surface area contributed by atoms with Crippen molar-refractivity contribution in [1.82, 2.24) is 5.32 Å². The Morgan fingerprint density at radius 2 is 2.19 bits per heavy atom. The largest absolute Gasteiger partial charge is 0.497 e. The molecule has 21 heavy (non-hydrogen) atoms.